The van der Waals surface area contributed by atoms with Gasteiger partial charge in [-0.25, -0.2) is 0 Å². The zero-order chi connectivity index (χ0) is 9.97. The molecule has 2 rings (SSSR count). The van der Waals surface area contributed by atoms with Gasteiger partial charge in [0.15, 0.2) is 0 Å². The van der Waals surface area contributed by atoms with E-state index in [1.54, 1.807) is 0 Å². The molecular formula is C10H20N2O2. The molecule has 0 aromatic carbocycles. The molecule has 0 bridgehead atoms. The third kappa shape index (κ3) is 1.93. The highest BCUT2D eigenvalue weighted by Crippen LogP contribution is 2.30. The van der Waals surface area contributed by atoms with Gasteiger partial charge in [0.2, 0.25) is 0 Å². The Labute approximate surface area is 85.1 Å². The standard InChI is InChI=1S/C10H20N2O2/c1-7-9(3-5-14-7)10(12-11)8-2-4-13-6-8/h7-10,12H,2-6,11H2,1H3. The Morgan fingerprint density at radius 3 is 2.71 bits per heavy atom. The van der Waals surface area contributed by atoms with Crippen LogP contribution in [0.1, 0.15) is 19.8 Å². The van der Waals surface area contributed by atoms with E-state index in [0.717, 1.165) is 32.7 Å². The topological polar surface area (TPSA) is 56.5 Å². The molecule has 2 aliphatic rings. The van der Waals surface area contributed by atoms with Crippen LogP contribution in [0, 0.1) is 11.8 Å². The summed E-state index contributed by atoms with van der Waals surface area (Å²) in [5.41, 5.74) is 2.96. The van der Waals surface area contributed by atoms with Crippen molar-refractivity contribution >= 4 is 0 Å². The molecule has 2 heterocycles. The van der Waals surface area contributed by atoms with Crippen molar-refractivity contribution < 1.29 is 9.47 Å². The summed E-state index contributed by atoms with van der Waals surface area (Å²) in [7, 11) is 0. The Hall–Kier alpha value is -0.160. The fraction of sp³-hybridized carbons (Fsp3) is 1.00. The molecule has 3 N–H and O–H groups in total. The Morgan fingerprint density at radius 1 is 1.36 bits per heavy atom. The molecule has 4 nitrogen and oxygen atoms in total. The lowest BCUT2D eigenvalue weighted by Gasteiger charge is -2.29. The minimum absolute atomic E-state index is 0.330. The number of rotatable bonds is 3. The van der Waals surface area contributed by atoms with Crippen molar-refractivity contribution in [3.8, 4) is 0 Å². The quantitative estimate of drug-likeness (QED) is 0.507. The fourth-order valence-corrected chi connectivity index (χ4v) is 2.67. The Kier molecular flexibility index (Phi) is 3.38. The van der Waals surface area contributed by atoms with E-state index in [2.05, 4.69) is 12.3 Å². The van der Waals surface area contributed by atoms with Crippen LogP contribution in [0.15, 0.2) is 0 Å². The van der Waals surface area contributed by atoms with Gasteiger partial charge in [0, 0.05) is 31.1 Å². The molecule has 0 saturated carbocycles. The molecule has 0 amide bonds. The number of nitrogens with one attached hydrogen (secondary N) is 1. The molecule has 2 fully saturated rings. The van der Waals surface area contributed by atoms with Crippen LogP contribution in [0.3, 0.4) is 0 Å². The van der Waals surface area contributed by atoms with E-state index in [1.165, 1.54) is 0 Å². The van der Waals surface area contributed by atoms with E-state index in [1.807, 2.05) is 0 Å². The smallest absolute Gasteiger partial charge is 0.0591 e. The van der Waals surface area contributed by atoms with Crippen LogP contribution in [0.4, 0.5) is 0 Å². The average molecular weight is 200 g/mol. The van der Waals surface area contributed by atoms with Crippen molar-refractivity contribution in [3.63, 3.8) is 0 Å². The summed E-state index contributed by atoms with van der Waals surface area (Å²) in [4.78, 5) is 0. The minimum atomic E-state index is 0.330. The van der Waals surface area contributed by atoms with Gasteiger partial charge in [0.25, 0.3) is 0 Å². The number of nitrogens with two attached hydrogens (primary N) is 1. The second-order valence-electron chi connectivity index (χ2n) is 4.34. The van der Waals surface area contributed by atoms with Crippen molar-refractivity contribution in [3.05, 3.63) is 0 Å². The number of hydrazine groups is 1. The summed E-state index contributed by atoms with van der Waals surface area (Å²) < 4.78 is 11.0. The summed E-state index contributed by atoms with van der Waals surface area (Å²) >= 11 is 0. The monoisotopic (exact) mass is 200 g/mol. The molecule has 0 aliphatic carbocycles. The highest BCUT2D eigenvalue weighted by Gasteiger charge is 2.37. The second-order valence-corrected chi connectivity index (χ2v) is 4.34. The van der Waals surface area contributed by atoms with Gasteiger partial charge in [-0.05, 0) is 19.8 Å². The zero-order valence-corrected chi connectivity index (χ0v) is 8.74. The molecule has 4 heteroatoms. The summed E-state index contributed by atoms with van der Waals surface area (Å²) in [5, 5.41) is 0. The predicted molar refractivity (Wildman–Crippen MR) is 53.6 cm³/mol. The van der Waals surface area contributed by atoms with E-state index in [9.17, 15) is 0 Å². The average Bonchev–Trinajstić information content (AvgIpc) is 2.80. The van der Waals surface area contributed by atoms with Crippen LogP contribution in [-0.2, 0) is 9.47 Å². The van der Waals surface area contributed by atoms with Crippen LogP contribution in [0.25, 0.3) is 0 Å². The predicted octanol–water partition coefficient (Wildman–Crippen LogP) is 0.280. The third-order valence-electron chi connectivity index (χ3n) is 3.56. The van der Waals surface area contributed by atoms with Crippen LogP contribution in [0.2, 0.25) is 0 Å². The first-order valence-corrected chi connectivity index (χ1v) is 5.48. The Bertz CT molecular complexity index is 183. The van der Waals surface area contributed by atoms with E-state index < -0.39 is 0 Å². The van der Waals surface area contributed by atoms with Crippen molar-refractivity contribution in [1.29, 1.82) is 0 Å². The van der Waals surface area contributed by atoms with Gasteiger partial charge >= 0.3 is 0 Å². The van der Waals surface area contributed by atoms with Gasteiger partial charge in [-0.1, -0.05) is 0 Å². The molecule has 82 valence electrons. The summed E-state index contributed by atoms with van der Waals surface area (Å²) in [6.07, 6.45) is 2.57. The minimum Gasteiger partial charge on any atom is -0.381 e. The molecule has 0 radical (unpaired) electrons. The molecular weight excluding hydrogens is 180 g/mol. The van der Waals surface area contributed by atoms with Gasteiger partial charge in [0.05, 0.1) is 12.7 Å². The SMILES string of the molecule is CC1OCCC1C(NN)C1CCOC1. The molecule has 2 aliphatic heterocycles. The van der Waals surface area contributed by atoms with Crippen LogP contribution in [0.5, 0.6) is 0 Å². The van der Waals surface area contributed by atoms with Crippen molar-refractivity contribution in [2.75, 3.05) is 19.8 Å². The summed E-state index contributed by atoms with van der Waals surface area (Å²) in [5.74, 6) is 6.75. The van der Waals surface area contributed by atoms with Crippen LogP contribution >= 0.6 is 0 Å². The summed E-state index contributed by atoms with van der Waals surface area (Å²) in [6.45, 7) is 4.73. The van der Waals surface area contributed by atoms with Gasteiger partial charge in [-0.15, -0.1) is 0 Å². The molecule has 0 spiro atoms. The number of ether oxygens (including phenoxy) is 2. The van der Waals surface area contributed by atoms with Gasteiger partial charge in [-0.3, -0.25) is 11.3 Å². The Morgan fingerprint density at radius 2 is 2.21 bits per heavy atom. The van der Waals surface area contributed by atoms with E-state index in [0.29, 0.717) is 24.0 Å². The molecule has 0 aromatic heterocycles. The third-order valence-corrected chi connectivity index (χ3v) is 3.56. The maximum absolute atomic E-state index is 5.63. The van der Waals surface area contributed by atoms with Crippen LogP contribution in [-0.4, -0.2) is 32.0 Å². The molecule has 4 atom stereocenters. The maximum Gasteiger partial charge on any atom is 0.0591 e. The van der Waals surface area contributed by atoms with E-state index >= 15 is 0 Å². The van der Waals surface area contributed by atoms with Crippen molar-refractivity contribution in [2.24, 2.45) is 17.7 Å². The van der Waals surface area contributed by atoms with E-state index in [-0.39, 0.29) is 0 Å². The first-order valence-electron chi connectivity index (χ1n) is 5.48. The highest BCUT2D eigenvalue weighted by molar-refractivity contribution is 4.89. The van der Waals surface area contributed by atoms with Crippen molar-refractivity contribution in [1.82, 2.24) is 5.43 Å². The fourth-order valence-electron chi connectivity index (χ4n) is 2.67. The van der Waals surface area contributed by atoms with E-state index in [4.69, 9.17) is 15.3 Å². The molecule has 0 aromatic rings. The first kappa shape index (κ1) is 10.4. The zero-order valence-electron chi connectivity index (χ0n) is 8.74. The number of hydrogen-bond donors (Lipinski definition) is 2. The molecule has 4 unspecified atom stereocenters. The Balaban J connectivity index is 1.96. The highest BCUT2D eigenvalue weighted by atomic mass is 16.5. The molecule has 2 saturated heterocycles. The molecule has 14 heavy (non-hydrogen) atoms. The normalized spacial score (nSPS) is 40.3. The number of hydrogen-bond acceptors (Lipinski definition) is 4. The van der Waals surface area contributed by atoms with Crippen molar-refractivity contribution in [2.45, 2.75) is 31.9 Å². The van der Waals surface area contributed by atoms with Gasteiger partial charge < -0.3 is 9.47 Å². The van der Waals surface area contributed by atoms with Crippen LogP contribution < -0.4 is 11.3 Å². The lowest BCUT2D eigenvalue weighted by Crippen LogP contribution is -2.48. The first-order chi connectivity index (χ1) is 6.83. The van der Waals surface area contributed by atoms with Gasteiger partial charge in [-0.2, -0.15) is 0 Å². The van der Waals surface area contributed by atoms with Gasteiger partial charge in [0.1, 0.15) is 0 Å². The lowest BCUT2D eigenvalue weighted by atomic mass is 9.84. The second kappa shape index (κ2) is 4.57. The largest absolute Gasteiger partial charge is 0.381 e. The lowest BCUT2D eigenvalue weighted by molar-refractivity contribution is 0.0833. The maximum atomic E-state index is 5.63. The summed E-state index contributed by atoms with van der Waals surface area (Å²) in [6, 6.07) is 0.356.